The minimum Gasteiger partial charge on any atom is -0.463 e. The maximum atomic E-state index is 10.4. The van der Waals surface area contributed by atoms with Gasteiger partial charge in [-0.15, -0.1) is 0 Å². The maximum absolute atomic E-state index is 10.4. The Bertz CT molecular complexity index is 104. The molecule has 60 valence electrons. The van der Waals surface area contributed by atoms with Gasteiger partial charge in [-0.3, -0.25) is 4.79 Å². The lowest BCUT2D eigenvalue weighted by molar-refractivity contribution is -0.146. The van der Waals surface area contributed by atoms with Crippen molar-refractivity contribution in [2.45, 2.75) is 32.8 Å². The van der Waals surface area contributed by atoms with Gasteiger partial charge in [-0.2, -0.15) is 12.6 Å². The third kappa shape index (κ3) is 4.68. The second kappa shape index (κ2) is 5.59. The Labute approximate surface area is 67.4 Å². The molecule has 0 aromatic carbocycles. The fourth-order valence-corrected chi connectivity index (χ4v) is 1.01. The fraction of sp³-hybridized carbons (Fsp3) is 0.857. The molecule has 2 nitrogen and oxygen atoms in total. The van der Waals surface area contributed by atoms with Crippen molar-refractivity contribution in [1.29, 1.82) is 0 Å². The predicted molar refractivity (Wildman–Crippen MR) is 44.3 cm³/mol. The summed E-state index contributed by atoms with van der Waals surface area (Å²) in [6, 6.07) is 0. The summed E-state index contributed by atoms with van der Waals surface area (Å²) >= 11 is 4.04. The van der Waals surface area contributed by atoms with Crippen molar-refractivity contribution in [1.82, 2.24) is 0 Å². The van der Waals surface area contributed by atoms with Crippen LogP contribution in [0.2, 0.25) is 0 Å². The van der Waals surface area contributed by atoms with Crippen molar-refractivity contribution in [3.63, 3.8) is 0 Å². The molecule has 0 rings (SSSR count). The molecule has 0 aliphatic carbocycles. The first-order chi connectivity index (χ1) is 4.70. The molecule has 1 atom stereocenters. The van der Waals surface area contributed by atoms with Gasteiger partial charge in [-0.25, -0.2) is 0 Å². The summed E-state index contributed by atoms with van der Waals surface area (Å²) in [7, 11) is 0. The zero-order valence-corrected chi connectivity index (χ0v) is 7.36. The molecular weight excluding hydrogens is 148 g/mol. The summed E-state index contributed by atoms with van der Waals surface area (Å²) in [4.78, 5) is 10.4. The first kappa shape index (κ1) is 9.82. The van der Waals surface area contributed by atoms with E-state index in [1.54, 1.807) is 0 Å². The second-order valence-corrected chi connectivity index (χ2v) is 2.60. The van der Waals surface area contributed by atoms with Crippen LogP contribution in [-0.2, 0) is 9.53 Å². The molecule has 0 bridgehead atoms. The first-order valence-corrected chi connectivity index (χ1v) is 4.12. The topological polar surface area (TPSA) is 26.3 Å². The largest absolute Gasteiger partial charge is 0.463 e. The molecule has 0 saturated heterocycles. The number of carbonyl (C=O) groups excluding carboxylic acids is 1. The van der Waals surface area contributed by atoms with Crippen LogP contribution in [-0.4, -0.2) is 17.8 Å². The van der Waals surface area contributed by atoms with Crippen LogP contribution in [0.25, 0.3) is 0 Å². The lowest BCUT2D eigenvalue weighted by atomic mass is 10.2. The summed E-state index contributed by atoms with van der Waals surface area (Å²) in [5.74, 6) is 0.569. The van der Waals surface area contributed by atoms with E-state index in [1.807, 2.05) is 6.92 Å². The maximum Gasteiger partial charge on any atom is 0.302 e. The Morgan fingerprint density at radius 1 is 1.70 bits per heavy atom. The molecule has 0 aliphatic rings. The van der Waals surface area contributed by atoms with Gasteiger partial charge in [0.25, 0.3) is 0 Å². The molecular formula is C7H14O2S. The number of thiol groups is 1. The van der Waals surface area contributed by atoms with E-state index in [-0.39, 0.29) is 12.1 Å². The van der Waals surface area contributed by atoms with E-state index in [9.17, 15) is 4.79 Å². The van der Waals surface area contributed by atoms with Gasteiger partial charge in [0.2, 0.25) is 0 Å². The van der Waals surface area contributed by atoms with Gasteiger partial charge >= 0.3 is 5.97 Å². The highest BCUT2D eigenvalue weighted by Crippen LogP contribution is 2.04. The highest BCUT2D eigenvalue weighted by atomic mass is 32.1. The zero-order valence-electron chi connectivity index (χ0n) is 6.46. The Balaban J connectivity index is 3.49. The molecule has 0 heterocycles. The number of hydrogen-bond donors (Lipinski definition) is 1. The van der Waals surface area contributed by atoms with Crippen LogP contribution in [0, 0.1) is 0 Å². The molecule has 1 unspecified atom stereocenters. The number of rotatable bonds is 4. The normalized spacial score (nSPS) is 12.7. The van der Waals surface area contributed by atoms with Crippen molar-refractivity contribution < 1.29 is 9.53 Å². The minimum absolute atomic E-state index is 0.0648. The zero-order chi connectivity index (χ0) is 7.98. The molecule has 0 fully saturated rings. The van der Waals surface area contributed by atoms with Crippen LogP contribution < -0.4 is 0 Å². The first-order valence-electron chi connectivity index (χ1n) is 3.48. The van der Waals surface area contributed by atoms with E-state index in [0.717, 1.165) is 18.6 Å². The van der Waals surface area contributed by atoms with E-state index < -0.39 is 0 Å². The van der Waals surface area contributed by atoms with E-state index in [1.165, 1.54) is 6.92 Å². The summed E-state index contributed by atoms with van der Waals surface area (Å²) < 4.78 is 4.95. The number of carbonyl (C=O) groups is 1. The highest BCUT2D eigenvalue weighted by molar-refractivity contribution is 7.80. The molecule has 0 aromatic rings. The average Bonchev–Trinajstić information content (AvgIpc) is 1.86. The van der Waals surface area contributed by atoms with Gasteiger partial charge < -0.3 is 4.74 Å². The van der Waals surface area contributed by atoms with Crippen molar-refractivity contribution >= 4 is 18.6 Å². The summed E-state index contributed by atoms with van der Waals surface area (Å²) in [5, 5.41) is 0. The van der Waals surface area contributed by atoms with Crippen molar-refractivity contribution in [2.24, 2.45) is 0 Å². The van der Waals surface area contributed by atoms with Gasteiger partial charge in [0.05, 0.1) is 0 Å². The number of hydrogen-bond acceptors (Lipinski definition) is 3. The monoisotopic (exact) mass is 162 g/mol. The van der Waals surface area contributed by atoms with Crippen LogP contribution in [0.15, 0.2) is 0 Å². The molecule has 0 aliphatic heterocycles. The molecule has 0 saturated carbocycles. The number of ether oxygens (including phenoxy) is 1. The van der Waals surface area contributed by atoms with Crippen LogP contribution in [0.3, 0.4) is 0 Å². The van der Waals surface area contributed by atoms with Crippen LogP contribution in [0.1, 0.15) is 26.7 Å². The molecule has 0 amide bonds. The molecule has 0 radical (unpaired) electrons. The summed E-state index contributed by atoms with van der Waals surface area (Å²) in [5.41, 5.74) is 0. The number of esters is 1. The lowest BCUT2D eigenvalue weighted by Crippen LogP contribution is -2.15. The van der Waals surface area contributed by atoms with E-state index >= 15 is 0 Å². The van der Waals surface area contributed by atoms with Gasteiger partial charge in [-0.05, 0) is 18.6 Å². The Kier molecular flexibility index (Phi) is 5.49. The van der Waals surface area contributed by atoms with Crippen molar-refractivity contribution in [3.05, 3.63) is 0 Å². The van der Waals surface area contributed by atoms with Gasteiger partial charge in [0, 0.05) is 6.92 Å². The van der Waals surface area contributed by atoms with E-state index in [4.69, 9.17) is 4.74 Å². The Morgan fingerprint density at radius 3 is 2.60 bits per heavy atom. The van der Waals surface area contributed by atoms with Gasteiger partial charge in [-0.1, -0.05) is 6.92 Å². The molecule has 10 heavy (non-hydrogen) atoms. The van der Waals surface area contributed by atoms with Crippen LogP contribution >= 0.6 is 12.6 Å². The Morgan fingerprint density at radius 2 is 2.30 bits per heavy atom. The van der Waals surface area contributed by atoms with Crippen LogP contribution in [0.5, 0.6) is 0 Å². The predicted octanol–water partition coefficient (Wildman–Crippen LogP) is 1.65. The molecule has 0 aromatic heterocycles. The quantitative estimate of drug-likeness (QED) is 0.502. The van der Waals surface area contributed by atoms with Crippen molar-refractivity contribution in [2.75, 3.05) is 5.75 Å². The van der Waals surface area contributed by atoms with Crippen molar-refractivity contribution in [3.8, 4) is 0 Å². The molecule has 3 heteroatoms. The minimum atomic E-state index is -0.200. The third-order valence-corrected chi connectivity index (χ3v) is 1.50. The second-order valence-electron chi connectivity index (χ2n) is 2.15. The van der Waals surface area contributed by atoms with E-state index in [0.29, 0.717) is 0 Å². The fourth-order valence-electron chi connectivity index (χ4n) is 0.725. The standard InChI is InChI=1S/C7H14O2S/c1-3-7(4-5-10)9-6(2)8/h7,10H,3-5H2,1-2H3. The average molecular weight is 162 g/mol. The Hall–Kier alpha value is -0.180. The summed E-state index contributed by atoms with van der Waals surface area (Å²) in [6.07, 6.45) is 1.79. The lowest BCUT2D eigenvalue weighted by Gasteiger charge is -2.12. The van der Waals surface area contributed by atoms with Gasteiger partial charge in [0.15, 0.2) is 0 Å². The third-order valence-electron chi connectivity index (χ3n) is 1.24. The highest BCUT2D eigenvalue weighted by Gasteiger charge is 2.06. The van der Waals surface area contributed by atoms with Crippen LogP contribution in [0.4, 0.5) is 0 Å². The molecule has 0 N–H and O–H groups in total. The summed E-state index contributed by atoms with van der Waals surface area (Å²) in [6.45, 7) is 3.43. The SMILES string of the molecule is CCC(CCS)OC(C)=O. The van der Waals surface area contributed by atoms with Gasteiger partial charge in [0.1, 0.15) is 6.10 Å². The smallest absolute Gasteiger partial charge is 0.302 e. The molecule has 0 spiro atoms. The van der Waals surface area contributed by atoms with E-state index in [2.05, 4.69) is 12.6 Å².